The zero-order chi connectivity index (χ0) is 13.8. The van der Waals surface area contributed by atoms with Gasteiger partial charge in [-0.05, 0) is 70.4 Å². The van der Waals surface area contributed by atoms with Crippen molar-refractivity contribution in [2.45, 2.75) is 71.9 Å². The molecule has 0 bridgehead atoms. The molecule has 112 valence electrons. The summed E-state index contributed by atoms with van der Waals surface area (Å²) in [5.74, 6) is 2.69. The Morgan fingerprint density at radius 2 is 1.58 bits per heavy atom. The van der Waals surface area contributed by atoms with Crippen LogP contribution in [0.15, 0.2) is 0 Å². The number of hydrogen-bond acceptors (Lipinski definition) is 2. The van der Waals surface area contributed by atoms with Crippen LogP contribution < -0.4 is 5.32 Å². The maximum absolute atomic E-state index is 3.50. The monoisotopic (exact) mass is 266 g/mol. The molecule has 0 aromatic carbocycles. The summed E-state index contributed by atoms with van der Waals surface area (Å²) >= 11 is 0. The summed E-state index contributed by atoms with van der Waals surface area (Å²) in [6.07, 6.45) is 7.06. The number of rotatable bonds is 4. The van der Waals surface area contributed by atoms with Crippen molar-refractivity contribution >= 4 is 0 Å². The average molecular weight is 266 g/mol. The van der Waals surface area contributed by atoms with Gasteiger partial charge in [-0.1, -0.05) is 20.3 Å². The third-order valence-corrected chi connectivity index (χ3v) is 5.46. The fraction of sp³-hybridized carbons (Fsp3) is 1.00. The van der Waals surface area contributed by atoms with Crippen LogP contribution >= 0.6 is 0 Å². The lowest BCUT2D eigenvalue weighted by Crippen LogP contribution is -2.51. The minimum atomic E-state index is 0.697. The van der Waals surface area contributed by atoms with Crippen LogP contribution in [0.1, 0.15) is 59.8 Å². The Kier molecular flexibility index (Phi) is 5.70. The van der Waals surface area contributed by atoms with Crippen molar-refractivity contribution in [1.82, 2.24) is 10.2 Å². The molecule has 2 rings (SSSR count). The molecule has 0 amide bonds. The molecule has 0 radical (unpaired) electrons. The van der Waals surface area contributed by atoms with Crippen LogP contribution in [0.4, 0.5) is 0 Å². The van der Waals surface area contributed by atoms with E-state index in [1.807, 2.05) is 0 Å². The van der Waals surface area contributed by atoms with Crippen LogP contribution in [0.25, 0.3) is 0 Å². The van der Waals surface area contributed by atoms with Gasteiger partial charge in [-0.3, -0.25) is 4.90 Å². The molecule has 1 saturated carbocycles. The molecule has 2 nitrogen and oxygen atoms in total. The van der Waals surface area contributed by atoms with Crippen molar-refractivity contribution in [3.8, 4) is 0 Å². The number of piperidine rings is 1. The van der Waals surface area contributed by atoms with E-state index in [-0.39, 0.29) is 0 Å². The minimum Gasteiger partial charge on any atom is -0.317 e. The Morgan fingerprint density at radius 3 is 2.11 bits per heavy atom. The number of nitrogens with one attached hydrogen (secondary N) is 1. The molecular weight excluding hydrogens is 232 g/mol. The van der Waals surface area contributed by atoms with Gasteiger partial charge in [0.1, 0.15) is 0 Å². The average Bonchev–Trinajstić information content (AvgIpc) is 2.38. The molecule has 1 N–H and O–H groups in total. The van der Waals surface area contributed by atoms with Crippen LogP contribution in [-0.2, 0) is 0 Å². The first-order valence-electron chi connectivity index (χ1n) is 8.56. The van der Waals surface area contributed by atoms with E-state index >= 15 is 0 Å². The first kappa shape index (κ1) is 15.3. The SMILES string of the molecule is CC1CCCC(C)C1N(CC1CCNCC1)C(C)C. The van der Waals surface area contributed by atoms with Crippen molar-refractivity contribution in [3.05, 3.63) is 0 Å². The standard InChI is InChI=1S/C17H34N2/c1-13(2)19(12-16-8-10-18-11-9-16)17-14(3)6-5-7-15(17)4/h13-18H,5-12H2,1-4H3. The summed E-state index contributed by atoms with van der Waals surface area (Å²) in [4.78, 5) is 2.85. The first-order valence-corrected chi connectivity index (χ1v) is 8.56. The normalized spacial score (nSPS) is 34.1. The second-order valence-corrected chi connectivity index (χ2v) is 7.36. The summed E-state index contributed by atoms with van der Waals surface area (Å²) in [5.41, 5.74) is 0. The summed E-state index contributed by atoms with van der Waals surface area (Å²) in [5, 5.41) is 3.50. The Balaban J connectivity index is 2.01. The molecule has 0 spiro atoms. The van der Waals surface area contributed by atoms with E-state index in [0.717, 1.165) is 23.8 Å². The summed E-state index contributed by atoms with van der Waals surface area (Å²) in [6, 6.07) is 1.52. The predicted octanol–water partition coefficient (Wildman–Crippen LogP) is 3.52. The third-order valence-electron chi connectivity index (χ3n) is 5.46. The van der Waals surface area contributed by atoms with Gasteiger partial charge in [0.15, 0.2) is 0 Å². The van der Waals surface area contributed by atoms with E-state index in [9.17, 15) is 0 Å². The molecule has 1 aliphatic carbocycles. The molecule has 2 atom stereocenters. The Morgan fingerprint density at radius 1 is 1.00 bits per heavy atom. The highest BCUT2D eigenvalue weighted by molar-refractivity contribution is 4.88. The lowest BCUT2D eigenvalue weighted by molar-refractivity contribution is 0.0285. The molecule has 19 heavy (non-hydrogen) atoms. The molecule has 2 heteroatoms. The topological polar surface area (TPSA) is 15.3 Å². The second-order valence-electron chi connectivity index (χ2n) is 7.36. The predicted molar refractivity (Wildman–Crippen MR) is 83.4 cm³/mol. The third kappa shape index (κ3) is 3.95. The van der Waals surface area contributed by atoms with E-state index in [1.165, 1.54) is 51.7 Å². The highest BCUT2D eigenvalue weighted by atomic mass is 15.2. The largest absolute Gasteiger partial charge is 0.317 e. The lowest BCUT2D eigenvalue weighted by Gasteiger charge is -2.46. The van der Waals surface area contributed by atoms with E-state index in [4.69, 9.17) is 0 Å². The van der Waals surface area contributed by atoms with Gasteiger partial charge < -0.3 is 5.32 Å². The van der Waals surface area contributed by atoms with Crippen molar-refractivity contribution in [2.75, 3.05) is 19.6 Å². The van der Waals surface area contributed by atoms with E-state index < -0.39 is 0 Å². The smallest absolute Gasteiger partial charge is 0.0149 e. The van der Waals surface area contributed by atoms with Gasteiger partial charge in [0, 0.05) is 18.6 Å². The van der Waals surface area contributed by atoms with Crippen molar-refractivity contribution in [2.24, 2.45) is 17.8 Å². The van der Waals surface area contributed by atoms with Gasteiger partial charge >= 0.3 is 0 Å². The van der Waals surface area contributed by atoms with Gasteiger partial charge in [-0.15, -0.1) is 0 Å². The maximum atomic E-state index is 3.50. The quantitative estimate of drug-likeness (QED) is 0.837. The second kappa shape index (κ2) is 7.08. The fourth-order valence-electron chi connectivity index (χ4n) is 4.36. The molecule has 1 saturated heterocycles. The first-order chi connectivity index (χ1) is 9.09. The van der Waals surface area contributed by atoms with Gasteiger partial charge in [-0.25, -0.2) is 0 Å². The highest BCUT2D eigenvalue weighted by Gasteiger charge is 2.34. The van der Waals surface area contributed by atoms with E-state index in [0.29, 0.717) is 6.04 Å². The maximum Gasteiger partial charge on any atom is 0.0149 e. The fourth-order valence-corrected chi connectivity index (χ4v) is 4.36. The molecule has 2 aliphatic rings. The molecule has 2 unspecified atom stereocenters. The molecule has 0 aromatic heterocycles. The molecular formula is C17H34N2. The van der Waals surface area contributed by atoms with Crippen LogP contribution in [-0.4, -0.2) is 36.6 Å². The summed E-state index contributed by atoms with van der Waals surface area (Å²) in [6.45, 7) is 13.6. The van der Waals surface area contributed by atoms with E-state index in [1.54, 1.807) is 0 Å². The van der Waals surface area contributed by atoms with Crippen LogP contribution in [0.3, 0.4) is 0 Å². The van der Waals surface area contributed by atoms with Gasteiger partial charge in [0.25, 0.3) is 0 Å². The Hall–Kier alpha value is -0.0800. The molecule has 2 fully saturated rings. The van der Waals surface area contributed by atoms with E-state index in [2.05, 4.69) is 37.9 Å². The minimum absolute atomic E-state index is 0.697. The van der Waals surface area contributed by atoms with Crippen molar-refractivity contribution in [3.63, 3.8) is 0 Å². The molecule has 1 heterocycles. The van der Waals surface area contributed by atoms with Crippen LogP contribution in [0.2, 0.25) is 0 Å². The molecule has 1 aliphatic heterocycles. The van der Waals surface area contributed by atoms with Gasteiger partial charge in [-0.2, -0.15) is 0 Å². The summed E-state index contributed by atoms with van der Waals surface area (Å²) in [7, 11) is 0. The van der Waals surface area contributed by atoms with Crippen LogP contribution in [0, 0.1) is 17.8 Å². The van der Waals surface area contributed by atoms with Gasteiger partial charge in [0.2, 0.25) is 0 Å². The highest BCUT2D eigenvalue weighted by Crippen LogP contribution is 2.34. The summed E-state index contributed by atoms with van der Waals surface area (Å²) < 4.78 is 0. The zero-order valence-corrected chi connectivity index (χ0v) is 13.5. The number of hydrogen-bond donors (Lipinski definition) is 1. The molecule has 0 aromatic rings. The van der Waals surface area contributed by atoms with Crippen LogP contribution in [0.5, 0.6) is 0 Å². The Labute approximate surface area is 120 Å². The van der Waals surface area contributed by atoms with Gasteiger partial charge in [0.05, 0.1) is 0 Å². The van der Waals surface area contributed by atoms with Crippen molar-refractivity contribution in [1.29, 1.82) is 0 Å². The zero-order valence-electron chi connectivity index (χ0n) is 13.5. The number of nitrogens with zero attached hydrogens (tertiary/aromatic N) is 1. The Bertz CT molecular complexity index is 248. The lowest BCUT2D eigenvalue weighted by atomic mass is 9.77. The van der Waals surface area contributed by atoms with Crippen molar-refractivity contribution < 1.29 is 0 Å².